The number of nitrogens with one attached hydrogen (secondary N) is 1. The summed E-state index contributed by atoms with van der Waals surface area (Å²) in [6, 6.07) is 4.93. The van der Waals surface area contributed by atoms with Crippen molar-refractivity contribution < 1.29 is 4.74 Å². The molecule has 0 aliphatic rings. The van der Waals surface area contributed by atoms with E-state index in [0.29, 0.717) is 6.04 Å². The number of methoxy groups -OCH3 is 1. The van der Waals surface area contributed by atoms with Crippen LogP contribution in [0.3, 0.4) is 0 Å². The van der Waals surface area contributed by atoms with Crippen LogP contribution < -0.4 is 5.32 Å². The first-order valence-electron chi connectivity index (χ1n) is 7.42. The fourth-order valence-electron chi connectivity index (χ4n) is 2.95. The summed E-state index contributed by atoms with van der Waals surface area (Å²) in [4.78, 5) is 2.37. The number of nitrogens with zero attached hydrogens (tertiary/aromatic N) is 1. The third-order valence-electron chi connectivity index (χ3n) is 3.82. The molecule has 1 aromatic carbocycles. The van der Waals surface area contributed by atoms with Crippen LogP contribution in [-0.4, -0.2) is 45.8 Å². The van der Waals surface area contributed by atoms with Crippen molar-refractivity contribution in [1.82, 2.24) is 10.2 Å². The zero-order valence-corrected chi connectivity index (χ0v) is 13.9. The van der Waals surface area contributed by atoms with Crippen LogP contribution in [0.4, 0.5) is 0 Å². The average molecular weight is 278 g/mol. The predicted octanol–water partition coefficient (Wildman–Crippen LogP) is 2.84. The van der Waals surface area contributed by atoms with Crippen molar-refractivity contribution in [2.45, 2.75) is 33.2 Å². The van der Waals surface area contributed by atoms with E-state index < -0.39 is 0 Å². The minimum atomic E-state index is 0.378. The molecule has 3 nitrogen and oxygen atoms in total. The van der Waals surface area contributed by atoms with E-state index in [0.717, 1.165) is 26.1 Å². The molecule has 20 heavy (non-hydrogen) atoms. The number of hydrogen-bond donors (Lipinski definition) is 1. The molecular weight excluding hydrogens is 248 g/mol. The number of likely N-dealkylation sites (N-methyl/N-ethyl adjacent to an activating group) is 2. The van der Waals surface area contributed by atoms with Gasteiger partial charge in [0.25, 0.3) is 0 Å². The number of rotatable bonds is 8. The van der Waals surface area contributed by atoms with E-state index in [1.165, 1.54) is 22.3 Å². The maximum Gasteiger partial charge on any atom is 0.0474 e. The molecular formula is C17H30N2O. The maximum absolute atomic E-state index is 5.12. The zero-order valence-electron chi connectivity index (χ0n) is 13.9. The Hall–Kier alpha value is -0.900. The van der Waals surface area contributed by atoms with Gasteiger partial charge in [0.2, 0.25) is 0 Å². The Morgan fingerprint density at radius 2 is 1.80 bits per heavy atom. The van der Waals surface area contributed by atoms with Gasteiger partial charge in [-0.3, -0.25) is 0 Å². The number of hydrogen-bond acceptors (Lipinski definition) is 3. The lowest BCUT2D eigenvalue weighted by Gasteiger charge is -2.27. The monoisotopic (exact) mass is 278 g/mol. The third kappa shape index (κ3) is 4.89. The van der Waals surface area contributed by atoms with Crippen LogP contribution in [0.5, 0.6) is 0 Å². The van der Waals surface area contributed by atoms with E-state index in [9.17, 15) is 0 Å². The molecule has 0 radical (unpaired) electrons. The van der Waals surface area contributed by atoms with Gasteiger partial charge in [0.15, 0.2) is 0 Å². The molecule has 0 fully saturated rings. The van der Waals surface area contributed by atoms with Gasteiger partial charge in [-0.15, -0.1) is 0 Å². The van der Waals surface area contributed by atoms with Crippen molar-refractivity contribution in [2.75, 3.05) is 40.9 Å². The fraction of sp³-hybridized carbons (Fsp3) is 0.647. The van der Waals surface area contributed by atoms with Gasteiger partial charge in [-0.1, -0.05) is 17.7 Å². The van der Waals surface area contributed by atoms with Crippen LogP contribution in [0, 0.1) is 20.8 Å². The molecule has 1 rings (SSSR count). The van der Waals surface area contributed by atoms with E-state index in [-0.39, 0.29) is 0 Å². The summed E-state index contributed by atoms with van der Waals surface area (Å²) >= 11 is 0. The first-order chi connectivity index (χ1) is 9.49. The lowest BCUT2D eigenvalue weighted by atomic mass is 9.94. The SMILES string of the molecule is CNC(CN(C)CCCOC)c1c(C)cc(C)cc1C. The molecule has 0 bridgehead atoms. The van der Waals surface area contributed by atoms with E-state index >= 15 is 0 Å². The molecule has 0 aliphatic heterocycles. The van der Waals surface area contributed by atoms with Gasteiger partial charge in [-0.2, -0.15) is 0 Å². The first-order valence-corrected chi connectivity index (χ1v) is 7.42. The van der Waals surface area contributed by atoms with Gasteiger partial charge in [-0.25, -0.2) is 0 Å². The summed E-state index contributed by atoms with van der Waals surface area (Å²) in [6.07, 6.45) is 1.08. The van der Waals surface area contributed by atoms with Crippen molar-refractivity contribution in [3.63, 3.8) is 0 Å². The van der Waals surface area contributed by atoms with Crippen LogP contribution in [-0.2, 0) is 4.74 Å². The second-order valence-electron chi connectivity index (χ2n) is 5.76. The molecule has 1 aromatic rings. The smallest absolute Gasteiger partial charge is 0.0474 e. The largest absolute Gasteiger partial charge is 0.385 e. The summed E-state index contributed by atoms with van der Waals surface area (Å²) in [5, 5.41) is 3.47. The fourth-order valence-corrected chi connectivity index (χ4v) is 2.95. The van der Waals surface area contributed by atoms with E-state index in [2.05, 4.69) is 50.2 Å². The molecule has 1 unspecified atom stereocenters. The summed E-state index contributed by atoms with van der Waals surface area (Å²) in [6.45, 7) is 9.50. The highest BCUT2D eigenvalue weighted by molar-refractivity contribution is 5.39. The third-order valence-corrected chi connectivity index (χ3v) is 3.82. The highest BCUT2D eigenvalue weighted by Crippen LogP contribution is 2.24. The Morgan fingerprint density at radius 3 is 2.30 bits per heavy atom. The van der Waals surface area contributed by atoms with Crippen molar-refractivity contribution in [2.24, 2.45) is 0 Å². The van der Waals surface area contributed by atoms with Gasteiger partial charge in [0, 0.05) is 32.8 Å². The predicted molar refractivity (Wildman–Crippen MR) is 86.4 cm³/mol. The topological polar surface area (TPSA) is 24.5 Å². The second kappa shape index (κ2) is 8.40. The van der Waals surface area contributed by atoms with Crippen LogP contribution in [0.15, 0.2) is 12.1 Å². The standard InChI is InChI=1S/C17H30N2O/c1-13-10-14(2)17(15(3)11-13)16(18-4)12-19(5)8-7-9-20-6/h10-11,16,18H,7-9,12H2,1-6H3. The van der Waals surface area contributed by atoms with Gasteiger partial charge in [0.1, 0.15) is 0 Å². The van der Waals surface area contributed by atoms with Crippen molar-refractivity contribution >= 4 is 0 Å². The van der Waals surface area contributed by atoms with E-state index in [1.807, 2.05) is 7.05 Å². The molecule has 0 spiro atoms. The Morgan fingerprint density at radius 1 is 1.20 bits per heavy atom. The molecule has 0 saturated heterocycles. The highest BCUT2D eigenvalue weighted by Gasteiger charge is 2.16. The summed E-state index contributed by atoms with van der Waals surface area (Å²) in [5.74, 6) is 0. The summed E-state index contributed by atoms with van der Waals surface area (Å²) < 4.78 is 5.12. The Labute approximate surface area is 124 Å². The molecule has 0 amide bonds. The van der Waals surface area contributed by atoms with Crippen LogP contribution in [0.2, 0.25) is 0 Å². The molecule has 1 N–H and O–H groups in total. The lowest BCUT2D eigenvalue weighted by Crippen LogP contribution is -2.33. The second-order valence-corrected chi connectivity index (χ2v) is 5.76. The molecule has 0 saturated carbocycles. The molecule has 0 aliphatic carbocycles. The highest BCUT2D eigenvalue weighted by atomic mass is 16.5. The van der Waals surface area contributed by atoms with Gasteiger partial charge < -0.3 is 15.0 Å². The Kier molecular flexibility index (Phi) is 7.20. The molecule has 1 atom stereocenters. The van der Waals surface area contributed by atoms with Crippen LogP contribution in [0.25, 0.3) is 0 Å². The number of aryl methyl sites for hydroxylation is 3. The number of ether oxygens (including phenoxy) is 1. The zero-order chi connectivity index (χ0) is 15.1. The van der Waals surface area contributed by atoms with Gasteiger partial charge in [0.05, 0.1) is 0 Å². The normalized spacial score (nSPS) is 12.9. The molecule has 0 aromatic heterocycles. The van der Waals surface area contributed by atoms with Crippen LogP contribution in [0.1, 0.15) is 34.7 Å². The average Bonchev–Trinajstić information content (AvgIpc) is 2.36. The Balaban J connectivity index is 2.76. The quantitative estimate of drug-likeness (QED) is 0.740. The minimum absolute atomic E-state index is 0.378. The maximum atomic E-state index is 5.12. The van der Waals surface area contributed by atoms with Gasteiger partial charge >= 0.3 is 0 Å². The minimum Gasteiger partial charge on any atom is -0.385 e. The molecule has 3 heteroatoms. The summed E-state index contributed by atoms with van der Waals surface area (Å²) in [5.41, 5.74) is 5.54. The van der Waals surface area contributed by atoms with E-state index in [1.54, 1.807) is 7.11 Å². The van der Waals surface area contributed by atoms with E-state index in [4.69, 9.17) is 4.74 Å². The van der Waals surface area contributed by atoms with Crippen molar-refractivity contribution in [1.29, 1.82) is 0 Å². The van der Waals surface area contributed by atoms with Crippen LogP contribution >= 0.6 is 0 Å². The summed E-state index contributed by atoms with van der Waals surface area (Å²) in [7, 11) is 5.99. The molecule has 0 heterocycles. The van der Waals surface area contributed by atoms with Crippen molar-refractivity contribution in [3.8, 4) is 0 Å². The first kappa shape index (κ1) is 17.2. The van der Waals surface area contributed by atoms with Crippen molar-refractivity contribution in [3.05, 3.63) is 34.4 Å². The lowest BCUT2D eigenvalue weighted by molar-refractivity contribution is 0.176. The van der Waals surface area contributed by atoms with Gasteiger partial charge in [-0.05, 0) is 58.0 Å². The molecule has 114 valence electrons. The number of benzene rings is 1. The Bertz CT molecular complexity index is 394.